The largest absolute Gasteiger partial charge is 0.454 e. The molecule has 2 heterocycles. The zero-order valence-electron chi connectivity index (χ0n) is 13.6. The Kier molecular flexibility index (Phi) is 5.65. The van der Waals surface area contributed by atoms with Crippen molar-refractivity contribution in [3.05, 3.63) is 35.2 Å². The Morgan fingerprint density at radius 3 is 3.04 bits per heavy atom. The highest BCUT2D eigenvalue weighted by atomic mass is 35.5. The first-order valence-electron chi connectivity index (χ1n) is 8.14. The second kappa shape index (κ2) is 8.11. The number of amides is 1. The van der Waals surface area contributed by atoms with E-state index >= 15 is 0 Å². The van der Waals surface area contributed by atoms with E-state index in [1.54, 1.807) is 29.2 Å². The van der Waals surface area contributed by atoms with Crippen LogP contribution in [0.4, 0.5) is 0 Å². The number of carbonyl (C=O) groups excluding carboxylic acids is 2. The van der Waals surface area contributed by atoms with Crippen LogP contribution in [0.15, 0.2) is 28.8 Å². The lowest BCUT2D eigenvalue weighted by Gasteiger charge is -2.18. The molecule has 0 spiro atoms. The van der Waals surface area contributed by atoms with E-state index in [2.05, 4.69) is 10.1 Å². The van der Waals surface area contributed by atoms with Crippen LogP contribution in [0.5, 0.6) is 0 Å². The minimum atomic E-state index is -0.488. The van der Waals surface area contributed by atoms with Crippen molar-refractivity contribution >= 4 is 23.5 Å². The average molecular weight is 364 g/mol. The topological polar surface area (TPSA) is 85.5 Å². The van der Waals surface area contributed by atoms with E-state index in [0.717, 1.165) is 19.3 Å². The molecule has 8 heteroatoms. The smallest absolute Gasteiger partial charge is 0.326 e. The van der Waals surface area contributed by atoms with E-state index < -0.39 is 5.97 Å². The van der Waals surface area contributed by atoms with Crippen LogP contribution in [0.3, 0.4) is 0 Å². The first kappa shape index (κ1) is 17.4. The van der Waals surface area contributed by atoms with Crippen molar-refractivity contribution in [2.75, 3.05) is 13.1 Å². The van der Waals surface area contributed by atoms with Gasteiger partial charge in [-0.1, -0.05) is 35.3 Å². The fraction of sp³-hybridized carbons (Fsp3) is 0.412. The summed E-state index contributed by atoms with van der Waals surface area (Å²) in [5, 5.41) is 4.41. The summed E-state index contributed by atoms with van der Waals surface area (Å²) in [6.07, 6.45) is 3.27. The van der Waals surface area contributed by atoms with E-state index in [9.17, 15) is 9.59 Å². The number of aromatic nitrogens is 2. The summed E-state index contributed by atoms with van der Waals surface area (Å²) in [5.74, 6) is 0.0648. The predicted molar refractivity (Wildman–Crippen MR) is 89.6 cm³/mol. The van der Waals surface area contributed by atoms with Crippen molar-refractivity contribution < 1.29 is 18.8 Å². The Labute approximate surface area is 149 Å². The normalized spacial score (nSPS) is 15.1. The first-order valence-corrected chi connectivity index (χ1v) is 8.51. The number of carbonyl (C=O) groups is 2. The van der Waals surface area contributed by atoms with Gasteiger partial charge in [0, 0.05) is 23.6 Å². The molecule has 1 aliphatic heterocycles. The molecule has 0 aliphatic carbocycles. The van der Waals surface area contributed by atoms with Gasteiger partial charge in [0.25, 0.3) is 5.89 Å². The van der Waals surface area contributed by atoms with Crippen LogP contribution in [0, 0.1) is 0 Å². The number of likely N-dealkylation sites (tertiary alicyclic amines) is 1. The fourth-order valence-electron chi connectivity index (χ4n) is 2.61. The van der Waals surface area contributed by atoms with Gasteiger partial charge in [0.05, 0.1) is 0 Å². The molecule has 132 valence electrons. The third-order valence-electron chi connectivity index (χ3n) is 3.90. The van der Waals surface area contributed by atoms with Crippen LogP contribution < -0.4 is 0 Å². The predicted octanol–water partition coefficient (Wildman–Crippen LogP) is 2.84. The summed E-state index contributed by atoms with van der Waals surface area (Å²) >= 11 is 5.93. The number of rotatable bonds is 5. The summed E-state index contributed by atoms with van der Waals surface area (Å²) in [6, 6.07) is 7.05. The molecule has 0 radical (unpaired) electrons. The lowest BCUT2D eigenvalue weighted by Crippen LogP contribution is -2.35. The molecule has 7 nitrogen and oxygen atoms in total. The molecule has 1 aromatic heterocycles. The number of hydrogen-bond acceptors (Lipinski definition) is 6. The highest BCUT2D eigenvalue weighted by molar-refractivity contribution is 6.30. The Bertz CT molecular complexity index is 762. The molecule has 1 amide bonds. The highest BCUT2D eigenvalue weighted by Gasteiger charge is 2.20. The number of hydrogen-bond donors (Lipinski definition) is 0. The lowest BCUT2D eigenvalue weighted by molar-refractivity contribution is -0.150. The maximum Gasteiger partial charge on any atom is 0.326 e. The van der Waals surface area contributed by atoms with Crippen molar-refractivity contribution in [2.24, 2.45) is 0 Å². The Balaban J connectivity index is 1.53. The van der Waals surface area contributed by atoms with Gasteiger partial charge in [-0.05, 0) is 25.0 Å². The van der Waals surface area contributed by atoms with Crippen molar-refractivity contribution in [1.29, 1.82) is 0 Å². The van der Waals surface area contributed by atoms with Crippen LogP contribution >= 0.6 is 11.6 Å². The van der Waals surface area contributed by atoms with Crippen molar-refractivity contribution in [1.82, 2.24) is 15.0 Å². The monoisotopic (exact) mass is 363 g/mol. The highest BCUT2D eigenvalue weighted by Crippen LogP contribution is 2.20. The zero-order chi connectivity index (χ0) is 17.6. The molecule has 0 unspecified atom stereocenters. The van der Waals surface area contributed by atoms with E-state index in [1.165, 1.54) is 0 Å². The molecule has 1 aromatic carbocycles. The van der Waals surface area contributed by atoms with E-state index in [-0.39, 0.29) is 24.9 Å². The molecule has 25 heavy (non-hydrogen) atoms. The van der Waals surface area contributed by atoms with Gasteiger partial charge < -0.3 is 14.2 Å². The summed E-state index contributed by atoms with van der Waals surface area (Å²) in [6.45, 7) is 0.413. The zero-order valence-corrected chi connectivity index (χ0v) is 14.4. The number of esters is 1. The van der Waals surface area contributed by atoms with Crippen molar-refractivity contribution in [3.8, 4) is 11.4 Å². The minimum absolute atomic E-state index is 0.00418. The molecule has 1 fully saturated rings. The molecule has 0 atom stereocenters. The molecule has 1 saturated heterocycles. The van der Waals surface area contributed by atoms with Crippen LogP contribution in [-0.2, 0) is 20.9 Å². The van der Waals surface area contributed by atoms with Crippen molar-refractivity contribution in [2.45, 2.75) is 32.3 Å². The van der Waals surface area contributed by atoms with Gasteiger partial charge in [0.1, 0.15) is 6.54 Å². The summed E-state index contributed by atoms with van der Waals surface area (Å²) in [7, 11) is 0. The first-order chi connectivity index (χ1) is 12.1. The maximum atomic E-state index is 11.9. The van der Waals surface area contributed by atoms with Crippen LogP contribution in [0.1, 0.15) is 31.6 Å². The Hall–Kier alpha value is -2.41. The molecular weight excluding hydrogens is 346 g/mol. The molecule has 0 N–H and O–H groups in total. The van der Waals surface area contributed by atoms with Crippen LogP contribution in [0.25, 0.3) is 11.4 Å². The summed E-state index contributed by atoms with van der Waals surface area (Å²) < 4.78 is 10.2. The SMILES string of the molecule is O=C(CN1CCCCCC1=O)OCc1nc(-c2cccc(Cl)c2)no1. The third kappa shape index (κ3) is 4.79. The van der Waals surface area contributed by atoms with Crippen molar-refractivity contribution in [3.63, 3.8) is 0 Å². The third-order valence-corrected chi connectivity index (χ3v) is 4.13. The van der Waals surface area contributed by atoms with Gasteiger partial charge in [-0.3, -0.25) is 9.59 Å². The van der Waals surface area contributed by atoms with E-state index in [1.807, 2.05) is 0 Å². The van der Waals surface area contributed by atoms with Crippen LogP contribution in [-0.4, -0.2) is 40.0 Å². The molecule has 1 aliphatic rings. The number of halogens is 1. The lowest BCUT2D eigenvalue weighted by atomic mass is 10.2. The Morgan fingerprint density at radius 1 is 1.32 bits per heavy atom. The Morgan fingerprint density at radius 2 is 2.20 bits per heavy atom. The van der Waals surface area contributed by atoms with Gasteiger partial charge in [0.15, 0.2) is 6.61 Å². The van der Waals surface area contributed by atoms with Crippen LogP contribution in [0.2, 0.25) is 5.02 Å². The summed E-state index contributed by atoms with van der Waals surface area (Å²) in [5.41, 5.74) is 0.712. The molecule has 2 aromatic rings. The van der Waals surface area contributed by atoms with E-state index in [4.69, 9.17) is 20.9 Å². The second-order valence-electron chi connectivity index (χ2n) is 5.81. The van der Waals surface area contributed by atoms with E-state index in [0.29, 0.717) is 29.4 Å². The summed E-state index contributed by atoms with van der Waals surface area (Å²) in [4.78, 5) is 29.5. The second-order valence-corrected chi connectivity index (χ2v) is 6.25. The maximum absolute atomic E-state index is 11.9. The molecular formula is C17H18ClN3O4. The molecule has 3 rings (SSSR count). The van der Waals surface area contributed by atoms with Gasteiger partial charge in [0.2, 0.25) is 11.7 Å². The van der Waals surface area contributed by atoms with Gasteiger partial charge >= 0.3 is 5.97 Å². The number of benzene rings is 1. The quantitative estimate of drug-likeness (QED) is 0.759. The van der Waals surface area contributed by atoms with Gasteiger partial charge in [-0.15, -0.1) is 0 Å². The van der Waals surface area contributed by atoms with Gasteiger partial charge in [-0.2, -0.15) is 4.98 Å². The minimum Gasteiger partial charge on any atom is -0.454 e. The fourth-order valence-corrected chi connectivity index (χ4v) is 2.80. The molecule has 0 saturated carbocycles. The average Bonchev–Trinajstić information content (AvgIpc) is 2.99. The number of ether oxygens (including phenoxy) is 1. The molecule has 0 bridgehead atoms. The van der Waals surface area contributed by atoms with Gasteiger partial charge in [-0.25, -0.2) is 0 Å². The number of nitrogens with zero attached hydrogens (tertiary/aromatic N) is 3. The standard InChI is InChI=1S/C17H18ClN3O4/c18-13-6-4-5-12(9-13)17-19-14(25-20-17)11-24-16(23)10-21-8-3-1-2-7-15(21)22/h4-6,9H,1-3,7-8,10-11H2.